The topological polar surface area (TPSA) is 86.3 Å². The summed E-state index contributed by atoms with van der Waals surface area (Å²) in [7, 11) is 4.68. The van der Waals surface area contributed by atoms with Gasteiger partial charge < -0.3 is 24.3 Å². The summed E-state index contributed by atoms with van der Waals surface area (Å²) >= 11 is 0. The van der Waals surface area contributed by atoms with Crippen LogP contribution in [0.5, 0.6) is 17.2 Å². The lowest BCUT2D eigenvalue weighted by Crippen LogP contribution is -2.33. The highest BCUT2D eigenvalue weighted by molar-refractivity contribution is 6.36. The number of nitrogens with one attached hydrogen (secondary N) is 1. The average Bonchev–Trinajstić information content (AvgIpc) is 3.03. The van der Waals surface area contributed by atoms with Gasteiger partial charge in [0, 0.05) is 26.3 Å². The Bertz CT molecular complexity index is 1030. The van der Waals surface area contributed by atoms with Crippen LogP contribution in [0.3, 0.4) is 0 Å². The molecule has 1 aliphatic heterocycles. The molecule has 2 amide bonds. The fraction of sp³-hybridized carbons (Fsp3) is 0.360. The number of benzene rings is 2. The van der Waals surface area contributed by atoms with E-state index in [-0.39, 0.29) is 24.3 Å². The van der Waals surface area contributed by atoms with E-state index in [4.69, 9.17) is 18.9 Å². The smallest absolute Gasteiger partial charge is 0.278 e. The number of hydrogen-bond acceptors (Lipinski definition) is 7. The lowest BCUT2D eigenvalue weighted by Gasteiger charge is -2.16. The maximum absolute atomic E-state index is 13.3. The molecule has 176 valence electrons. The summed E-state index contributed by atoms with van der Waals surface area (Å²) in [5.41, 5.74) is 1.66. The van der Waals surface area contributed by atoms with Crippen molar-refractivity contribution < 1.29 is 28.5 Å². The van der Waals surface area contributed by atoms with Crippen molar-refractivity contribution in [1.82, 2.24) is 4.90 Å². The minimum atomic E-state index is -0.397. The van der Waals surface area contributed by atoms with Gasteiger partial charge in [-0.15, -0.1) is 0 Å². The van der Waals surface area contributed by atoms with Crippen molar-refractivity contribution in [3.63, 3.8) is 0 Å². The third-order valence-electron chi connectivity index (χ3n) is 5.08. The average molecular weight is 455 g/mol. The van der Waals surface area contributed by atoms with E-state index >= 15 is 0 Å². The minimum Gasteiger partial charge on any atom is -0.497 e. The van der Waals surface area contributed by atoms with Crippen LogP contribution in [0.1, 0.15) is 25.8 Å². The molecule has 1 aliphatic rings. The maximum Gasteiger partial charge on any atom is 0.278 e. The van der Waals surface area contributed by atoms with Crippen molar-refractivity contribution in [3.05, 3.63) is 53.7 Å². The summed E-state index contributed by atoms with van der Waals surface area (Å²) in [5.74, 6) is 1.03. The second-order valence-electron chi connectivity index (χ2n) is 7.74. The molecule has 0 unspecified atom stereocenters. The lowest BCUT2D eigenvalue weighted by molar-refractivity contribution is -0.136. The summed E-state index contributed by atoms with van der Waals surface area (Å²) in [4.78, 5) is 27.8. The summed E-state index contributed by atoms with van der Waals surface area (Å²) in [6.45, 7) is 4.59. The van der Waals surface area contributed by atoms with Crippen molar-refractivity contribution in [2.24, 2.45) is 0 Å². The molecule has 1 heterocycles. The number of methoxy groups -OCH3 is 3. The van der Waals surface area contributed by atoms with Gasteiger partial charge in [-0.3, -0.25) is 14.5 Å². The number of ether oxygens (including phenoxy) is 4. The van der Waals surface area contributed by atoms with Gasteiger partial charge in [-0.25, -0.2) is 0 Å². The molecule has 0 atom stereocenters. The Morgan fingerprint density at radius 3 is 2.21 bits per heavy atom. The maximum atomic E-state index is 13.3. The normalized spacial score (nSPS) is 13.7. The third-order valence-corrected chi connectivity index (χ3v) is 5.08. The van der Waals surface area contributed by atoms with Gasteiger partial charge in [-0.2, -0.15) is 0 Å². The molecular weight excluding hydrogens is 424 g/mol. The standard InChI is InChI=1S/C25H30N2O6/c1-16(2)33-18-9-7-17(8-10-18)22-23(25(29)27(24(22)28)13-6-14-30-3)26-20-12-11-19(31-4)15-21(20)32-5/h7-12,15-16,26H,6,13-14H2,1-5H3. The van der Waals surface area contributed by atoms with Crippen LogP contribution in [-0.4, -0.2) is 57.3 Å². The van der Waals surface area contributed by atoms with E-state index in [2.05, 4.69) is 5.32 Å². The molecule has 2 aromatic carbocycles. The molecule has 0 bridgehead atoms. The molecule has 0 aliphatic carbocycles. The minimum absolute atomic E-state index is 0.0285. The Labute approximate surface area is 194 Å². The first kappa shape index (κ1) is 24.1. The van der Waals surface area contributed by atoms with Crippen LogP contribution < -0.4 is 19.5 Å². The largest absolute Gasteiger partial charge is 0.497 e. The fourth-order valence-corrected chi connectivity index (χ4v) is 3.54. The van der Waals surface area contributed by atoms with Gasteiger partial charge in [0.2, 0.25) is 0 Å². The number of nitrogens with zero attached hydrogens (tertiary/aromatic N) is 1. The first-order chi connectivity index (χ1) is 15.9. The van der Waals surface area contributed by atoms with Crippen LogP contribution in [0.25, 0.3) is 5.57 Å². The predicted octanol–water partition coefficient (Wildman–Crippen LogP) is 3.72. The quantitative estimate of drug-likeness (QED) is 0.409. The Balaban J connectivity index is 2.01. The van der Waals surface area contributed by atoms with Gasteiger partial charge in [0.05, 0.1) is 31.6 Å². The number of rotatable bonds is 11. The molecule has 0 fully saturated rings. The highest BCUT2D eigenvalue weighted by Gasteiger charge is 2.39. The first-order valence-corrected chi connectivity index (χ1v) is 10.7. The van der Waals surface area contributed by atoms with Crippen molar-refractivity contribution in [2.45, 2.75) is 26.4 Å². The second kappa shape index (κ2) is 10.9. The Hall–Kier alpha value is -3.52. The van der Waals surface area contributed by atoms with Crippen LogP contribution in [0.2, 0.25) is 0 Å². The first-order valence-electron chi connectivity index (χ1n) is 10.7. The lowest BCUT2D eigenvalue weighted by atomic mass is 10.0. The van der Waals surface area contributed by atoms with Crippen LogP contribution in [0, 0.1) is 0 Å². The highest BCUT2D eigenvalue weighted by atomic mass is 16.5. The van der Waals surface area contributed by atoms with Crippen molar-refractivity contribution in [3.8, 4) is 17.2 Å². The Morgan fingerprint density at radius 2 is 1.61 bits per heavy atom. The number of hydrogen-bond donors (Lipinski definition) is 1. The van der Waals surface area contributed by atoms with E-state index in [0.717, 1.165) is 0 Å². The summed E-state index contributed by atoms with van der Waals surface area (Å²) < 4.78 is 21.5. The van der Waals surface area contributed by atoms with Gasteiger partial charge in [-0.05, 0) is 50.1 Å². The van der Waals surface area contributed by atoms with Gasteiger partial charge in [0.25, 0.3) is 11.8 Å². The number of amides is 2. The molecule has 33 heavy (non-hydrogen) atoms. The Kier molecular flexibility index (Phi) is 7.95. The van der Waals surface area contributed by atoms with Crippen LogP contribution in [0.4, 0.5) is 5.69 Å². The van der Waals surface area contributed by atoms with Gasteiger partial charge in [-0.1, -0.05) is 12.1 Å². The molecule has 1 N–H and O–H groups in total. The molecule has 8 heteroatoms. The zero-order chi connectivity index (χ0) is 24.0. The highest BCUT2D eigenvalue weighted by Crippen LogP contribution is 2.35. The molecule has 3 rings (SSSR count). The van der Waals surface area contributed by atoms with Gasteiger partial charge in [0.1, 0.15) is 22.9 Å². The zero-order valence-electron chi connectivity index (χ0n) is 19.6. The third kappa shape index (κ3) is 5.46. The van der Waals surface area contributed by atoms with Crippen LogP contribution in [0.15, 0.2) is 48.2 Å². The molecule has 8 nitrogen and oxygen atoms in total. The number of carbonyl (C=O) groups is 2. The van der Waals surface area contributed by atoms with E-state index in [0.29, 0.717) is 47.1 Å². The van der Waals surface area contributed by atoms with Gasteiger partial charge in [0.15, 0.2) is 0 Å². The van der Waals surface area contributed by atoms with E-state index in [1.54, 1.807) is 56.7 Å². The van der Waals surface area contributed by atoms with Crippen molar-refractivity contribution in [2.75, 3.05) is 39.8 Å². The SMILES string of the molecule is COCCCN1C(=O)C(Nc2ccc(OC)cc2OC)=C(c2ccc(OC(C)C)cc2)C1=O. The number of carbonyl (C=O) groups excluding carboxylic acids is 2. The van der Waals surface area contributed by atoms with E-state index in [1.165, 1.54) is 12.0 Å². The second-order valence-corrected chi connectivity index (χ2v) is 7.74. The molecule has 0 radical (unpaired) electrons. The molecule has 0 spiro atoms. The molecule has 0 aromatic heterocycles. The van der Waals surface area contributed by atoms with Gasteiger partial charge >= 0.3 is 0 Å². The van der Waals surface area contributed by atoms with E-state index < -0.39 is 5.91 Å². The van der Waals surface area contributed by atoms with Crippen molar-refractivity contribution >= 4 is 23.1 Å². The monoisotopic (exact) mass is 454 g/mol. The summed E-state index contributed by atoms with van der Waals surface area (Å²) in [6, 6.07) is 12.3. The molecule has 0 saturated carbocycles. The molecular formula is C25H30N2O6. The fourth-order valence-electron chi connectivity index (χ4n) is 3.54. The van der Waals surface area contributed by atoms with Crippen LogP contribution in [-0.2, 0) is 14.3 Å². The Morgan fingerprint density at radius 1 is 0.909 bits per heavy atom. The molecule has 0 saturated heterocycles. The predicted molar refractivity (Wildman–Crippen MR) is 126 cm³/mol. The zero-order valence-corrected chi connectivity index (χ0v) is 19.6. The van der Waals surface area contributed by atoms with E-state index in [9.17, 15) is 9.59 Å². The summed E-state index contributed by atoms with van der Waals surface area (Å²) in [5, 5.41) is 3.13. The van der Waals surface area contributed by atoms with E-state index in [1.807, 2.05) is 13.8 Å². The summed E-state index contributed by atoms with van der Waals surface area (Å²) in [6.07, 6.45) is 0.572. The number of imide groups is 1. The number of anilines is 1. The van der Waals surface area contributed by atoms with Crippen LogP contribution >= 0.6 is 0 Å². The van der Waals surface area contributed by atoms with Crippen molar-refractivity contribution in [1.29, 1.82) is 0 Å². The molecule has 2 aromatic rings.